The lowest BCUT2D eigenvalue weighted by Gasteiger charge is -2.10. The molecule has 16 heavy (non-hydrogen) atoms. The Hall–Kier alpha value is -1.55. The minimum absolute atomic E-state index is 0.549. The Labute approximate surface area is 96.6 Å². The molecule has 0 atom stereocenters. The Bertz CT molecular complexity index is 516. The lowest BCUT2D eigenvalue weighted by molar-refractivity contribution is 0.609. The van der Waals surface area contributed by atoms with Crippen molar-refractivity contribution >= 4 is 21.3 Å². The molecule has 0 heterocycles. The van der Waals surface area contributed by atoms with Crippen LogP contribution in [0.15, 0.2) is 42.3 Å². The Morgan fingerprint density at radius 2 is 2.00 bits per heavy atom. The van der Waals surface area contributed by atoms with Crippen molar-refractivity contribution in [3.05, 3.63) is 47.9 Å². The largest absolute Gasteiger partial charge is 0.280 e. The van der Waals surface area contributed by atoms with Crippen LogP contribution >= 0.6 is 0 Å². The van der Waals surface area contributed by atoms with E-state index < -0.39 is 10.0 Å². The topological polar surface area (TPSA) is 46.2 Å². The maximum atomic E-state index is 11.5. The van der Waals surface area contributed by atoms with Crippen molar-refractivity contribution in [2.75, 3.05) is 4.72 Å². The number of hydrogen-bond acceptors (Lipinski definition) is 2. The highest BCUT2D eigenvalue weighted by molar-refractivity contribution is 7.95. The zero-order valence-electron chi connectivity index (χ0n) is 9.40. The Morgan fingerprint density at radius 3 is 2.56 bits per heavy atom. The van der Waals surface area contributed by atoms with Gasteiger partial charge >= 0.3 is 0 Å². The summed E-state index contributed by atoms with van der Waals surface area (Å²) >= 11 is 0. The lowest BCUT2D eigenvalue weighted by atomic mass is 10.1. The normalized spacial score (nSPS) is 11.6. The molecule has 3 nitrogen and oxygen atoms in total. The van der Waals surface area contributed by atoms with Crippen LogP contribution in [0, 0.1) is 0 Å². The predicted molar refractivity (Wildman–Crippen MR) is 68.5 cm³/mol. The molecule has 1 N–H and O–H groups in total. The minimum Gasteiger partial charge on any atom is -0.280 e. The van der Waals surface area contributed by atoms with E-state index in [4.69, 9.17) is 0 Å². The van der Waals surface area contributed by atoms with E-state index in [2.05, 4.69) is 11.3 Å². The molecular weight excluding hydrogens is 222 g/mol. The Kier molecular flexibility index (Phi) is 3.90. The van der Waals surface area contributed by atoms with Crippen molar-refractivity contribution in [1.29, 1.82) is 0 Å². The van der Waals surface area contributed by atoms with Crippen LogP contribution < -0.4 is 4.72 Å². The number of anilines is 1. The fraction of sp³-hybridized carbons (Fsp3) is 0.167. The number of sulfonamides is 1. The summed E-state index contributed by atoms with van der Waals surface area (Å²) in [5.41, 5.74) is 2.17. The molecule has 0 aromatic heterocycles. The van der Waals surface area contributed by atoms with Gasteiger partial charge in [0.05, 0.1) is 5.69 Å². The standard InChI is InChI=1S/C12H15NO2S/c1-4-9-16(14,15)13-12-8-6-5-7-11(12)10(2)3/h4-9,13H,2H2,1,3H3/b9-4+. The van der Waals surface area contributed by atoms with E-state index >= 15 is 0 Å². The molecule has 1 rings (SSSR count). The number of allylic oxidation sites excluding steroid dienone is 2. The zero-order chi connectivity index (χ0) is 12.2. The molecule has 0 unspecified atom stereocenters. The van der Waals surface area contributed by atoms with E-state index in [-0.39, 0.29) is 0 Å². The summed E-state index contributed by atoms with van der Waals surface area (Å²) in [7, 11) is -3.41. The Balaban J connectivity index is 3.11. The van der Waals surface area contributed by atoms with Crippen LogP contribution in [0.3, 0.4) is 0 Å². The van der Waals surface area contributed by atoms with Crippen molar-refractivity contribution in [1.82, 2.24) is 0 Å². The van der Waals surface area contributed by atoms with Crippen LogP contribution in [-0.2, 0) is 10.0 Å². The summed E-state index contributed by atoms with van der Waals surface area (Å²) in [5, 5.41) is 1.13. The highest BCUT2D eigenvalue weighted by Gasteiger charge is 2.08. The van der Waals surface area contributed by atoms with Crippen LogP contribution in [0.1, 0.15) is 19.4 Å². The van der Waals surface area contributed by atoms with Gasteiger partial charge in [-0.05, 0) is 25.5 Å². The number of benzene rings is 1. The quantitative estimate of drug-likeness (QED) is 0.875. The molecule has 0 bridgehead atoms. The first-order valence-corrected chi connectivity index (χ1v) is 6.41. The summed E-state index contributed by atoms with van der Waals surface area (Å²) in [4.78, 5) is 0. The van der Waals surface area contributed by atoms with E-state index in [1.54, 1.807) is 19.1 Å². The van der Waals surface area contributed by atoms with Crippen molar-refractivity contribution < 1.29 is 8.42 Å². The van der Waals surface area contributed by atoms with Gasteiger partial charge in [-0.2, -0.15) is 0 Å². The van der Waals surface area contributed by atoms with Gasteiger partial charge < -0.3 is 0 Å². The second-order valence-electron chi connectivity index (χ2n) is 3.44. The summed E-state index contributed by atoms with van der Waals surface area (Å²) in [5.74, 6) is 0. The third-order valence-electron chi connectivity index (χ3n) is 1.95. The molecule has 4 heteroatoms. The predicted octanol–water partition coefficient (Wildman–Crippen LogP) is 3.00. The SMILES string of the molecule is C=C(C)c1ccccc1NS(=O)(=O)/C=C/C. The average molecular weight is 237 g/mol. The summed E-state index contributed by atoms with van der Waals surface area (Å²) in [6.07, 6.45) is 1.48. The molecule has 0 aliphatic rings. The molecular formula is C12H15NO2S. The number of hydrogen-bond donors (Lipinski definition) is 1. The Morgan fingerprint density at radius 1 is 1.38 bits per heavy atom. The highest BCUT2D eigenvalue weighted by Crippen LogP contribution is 2.23. The molecule has 0 radical (unpaired) electrons. The second kappa shape index (κ2) is 4.99. The lowest BCUT2D eigenvalue weighted by Crippen LogP contribution is -2.10. The van der Waals surface area contributed by atoms with E-state index in [0.29, 0.717) is 5.69 Å². The molecule has 0 aliphatic carbocycles. The van der Waals surface area contributed by atoms with Crippen molar-refractivity contribution in [3.8, 4) is 0 Å². The van der Waals surface area contributed by atoms with Gasteiger partial charge in [-0.3, -0.25) is 4.72 Å². The van der Waals surface area contributed by atoms with E-state index in [9.17, 15) is 8.42 Å². The van der Waals surface area contributed by atoms with Gasteiger partial charge in [0.25, 0.3) is 10.0 Å². The first-order valence-electron chi connectivity index (χ1n) is 4.86. The smallest absolute Gasteiger partial charge is 0.254 e. The molecule has 0 spiro atoms. The minimum atomic E-state index is -3.41. The van der Waals surface area contributed by atoms with Gasteiger partial charge in [0, 0.05) is 11.0 Å². The maximum absolute atomic E-state index is 11.5. The van der Waals surface area contributed by atoms with Gasteiger partial charge in [0.15, 0.2) is 0 Å². The van der Waals surface area contributed by atoms with Crippen LogP contribution in [-0.4, -0.2) is 8.42 Å². The molecule has 0 saturated heterocycles. The van der Waals surface area contributed by atoms with Gasteiger partial charge in [-0.25, -0.2) is 8.42 Å². The van der Waals surface area contributed by atoms with Crippen LogP contribution in [0.2, 0.25) is 0 Å². The first kappa shape index (κ1) is 12.5. The summed E-state index contributed by atoms with van der Waals surface area (Å²) < 4.78 is 25.6. The zero-order valence-corrected chi connectivity index (χ0v) is 10.2. The monoisotopic (exact) mass is 237 g/mol. The maximum Gasteiger partial charge on any atom is 0.254 e. The molecule has 1 aromatic rings. The molecule has 1 aromatic carbocycles. The van der Waals surface area contributed by atoms with Crippen LogP contribution in [0.25, 0.3) is 5.57 Å². The second-order valence-corrected chi connectivity index (χ2v) is 5.01. The van der Waals surface area contributed by atoms with Gasteiger partial charge in [-0.1, -0.05) is 30.9 Å². The fourth-order valence-corrected chi connectivity index (χ4v) is 2.22. The number of nitrogens with one attached hydrogen (secondary N) is 1. The molecule has 0 amide bonds. The average Bonchev–Trinajstić information content (AvgIpc) is 2.17. The summed E-state index contributed by atoms with van der Waals surface area (Å²) in [6.45, 7) is 7.30. The van der Waals surface area contributed by atoms with Gasteiger partial charge in [0.2, 0.25) is 0 Å². The number of rotatable bonds is 4. The van der Waals surface area contributed by atoms with Crippen molar-refractivity contribution in [3.63, 3.8) is 0 Å². The molecule has 0 aliphatic heterocycles. The van der Waals surface area contributed by atoms with Gasteiger partial charge in [-0.15, -0.1) is 0 Å². The van der Waals surface area contributed by atoms with Gasteiger partial charge in [0.1, 0.15) is 0 Å². The number of para-hydroxylation sites is 1. The summed E-state index contributed by atoms with van der Waals surface area (Å²) in [6, 6.07) is 7.17. The van der Waals surface area contributed by atoms with Crippen LogP contribution in [0.4, 0.5) is 5.69 Å². The highest BCUT2D eigenvalue weighted by atomic mass is 32.2. The van der Waals surface area contributed by atoms with Crippen LogP contribution in [0.5, 0.6) is 0 Å². The van der Waals surface area contributed by atoms with E-state index in [1.807, 2.05) is 19.1 Å². The van der Waals surface area contributed by atoms with E-state index in [1.165, 1.54) is 6.08 Å². The third-order valence-corrected chi connectivity index (χ3v) is 3.09. The van der Waals surface area contributed by atoms with E-state index in [0.717, 1.165) is 16.5 Å². The molecule has 0 saturated carbocycles. The van der Waals surface area contributed by atoms with Crippen molar-refractivity contribution in [2.24, 2.45) is 0 Å². The third kappa shape index (κ3) is 3.24. The first-order chi connectivity index (χ1) is 7.46. The van der Waals surface area contributed by atoms with Crippen molar-refractivity contribution in [2.45, 2.75) is 13.8 Å². The molecule has 0 fully saturated rings. The molecule has 86 valence electrons. The fourth-order valence-electron chi connectivity index (χ4n) is 1.31.